The van der Waals surface area contributed by atoms with Gasteiger partial charge in [0.25, 0.3) is 0 Å². The average molecular weight is 221 g/mol. The second-order valence-corrected chi connectivity index (χ2v) is 3.63. The van der Waals surface area contributed by atoms with Crippen molar-refractivity contribution in [2.24, 2.45) is 0 Å². The fourth-order valence-corrected chi connectivity index (χ4v) is 1.40. The van der Waals surface area contributed by atoms with E-state index in [1.54, 1.807) is 6.92 Å². The van der Waals surface area contributed by atoms with Crippen LogP contribution < -0.4 is 4.74 Å². The van der Waals surface area contributed by atoms with Crippen molar-refractivity contribution in [1.29, 1.82) is 0 Å². The molecule has 0 bridgehead atoms. The number of benzene rings is 1. The Hall–Kier alpha value is -1.51. The van der Waals surface area contributed by atoms with Crippen molar-refractivity contribution in [2.75, 3.05) is 0 Å². The molecule has 0 spiro atoms. The standard InChI is InChI=1S/C13H17O3/c1-3-4-5-12-6-8-13(9-7-12)16-11(2)15-10-14/h6-9,11H,3-5H2,1-2H3. The minimum absolute atomic E-state index is 0.598. The predicted octanol–water partition coefficient (Wildman–Crippen LogP) is 2.84. The fraction of sp³-hybridized carbons (Fsp3) is 0.462. The zero-order valence-corrected chi connectivity index (χ0v) is 9.73. The maximum Gasteiger partial charge on any atom is 0.420 e. The maximum absolute atomic E-state index is 9.95. The average Bonchev–Trinajstić information content (AvgIpc) is 2.28. The summed E-state index contributed by atoms with van der Waals surface area (Å²) in [6.45, 7) is 5.17. The summed E-state index contributed by atoms with van der Waals surface area (Å²) in [6.07, 6.45) is 2.88. The molecule has 3 heteroatoms. The highest BCUT2D eigenvalue weighted by Gasteiger charge is 2.03. The van der Waals surface area contributed by atoms with Crippen LogP contribution in [0.4, 0.5) is 0 Å². The Morgan fingerprint density at radius 2 is 2.00 bits per heavy atom. The quantitative estimate of drug-likeness (QED) is 0.664. The Balaban J connectivity index is 2.47. The Morgan fingerprint density at radius 3 is 2.56 bits per heavy atom. The van der Waals surface area contributed by atoms with Crippen LogP contribution in [-0.4, -0.2) is 12.8 Å². The summed E-state index contributed by atoms with van der Waals surface area (Å²) in [7, 11) is 0. The molecule has 0 amide bonds. The van der Waals surface area contributed by atoms with E-state index < -0.39 is 6.29 Å². The molecule has 3 nitrogen and oxygen atoms in total. The highest BCUT2D eigenvalue weighted by atomic mass is 16.7. The lowest BCUT2D eigenvalue weighted by molar-refractivity contribution is 0.00939. The van der Waals surface area contributed by atoms with Gasteiger partial charge in [-0.25, -0.2) is 4.79 Å². The van der Waals surface area contributed by atoms with Crippen LogP contribution in [0.15, 0.2) is 24.3 Å². The van der Waals surface area contributed by atoms with Crippen LogP contribution in [0.3, 0.4) is 0 Å². The van der Waals surface area contributed by atoms with Crippen LogP contribution >= 0.6 is 0 Å². The van der Waals surface area contributed by atoms with E-state index in [0.29, 0.717) is 5.75 Å². The lowest BCUT2D eigenvalue weighted by Crippen LogP contribution is -2.15. The number of aryl methyl sites for hydroxylation is 1. The van der Waals surface area contributed by atoms with Crippen molar-refractivity contribution in [3.63, 3.8) is 0 Å². The molecule has 0 fully saturated rings. The normalized spacial score (nSPS) is 11.9. The largest absolute Gasteiger partial charge is 0.455 e. The molecular formula is C13H17O3. The molecule has 1 atom stereocenters. The van der Waals surface area contributed by atoms with Gasteiger partial charge in [-0.2, -0.15) is 0 Å². The summed E-state index contributed by atoms with van der Waals surface area (Å²) >= 11 is 0. The summed E-state index contributed by atoms with van der Waals surface area (Å²) in [5, 5.41) is 0. The molecule has 0 aliphatic rings. The van der Waals surface area contributed by atoms with Crippen LogP contribution in [0.2, 0.25) is 0 Å². The van der Waals surface area contributed by atoms with Crippen molar-refractivity contribution in [2.45, 2.75) is 39.4 Å². The Bertz CT molecular complexity index is 305. The number of hydrogen-bond acceptors (Lipinski definition) is 3. The molecule has 1 rings (SSSR count). The third-order valence-electron chi connectivity index (χ3n) is 2.26. The third-order valence-corrected chi connectivity index (χ3v) is 2.26. The first kappa shape index (κ1) is 12.6. The van der Waals surface area contributed by atoms with Crippen molar-refractivity contribution in [1.82, 2.24) is 0 Å². The number of rotatable bonds is 7. The highest BCUT2D eigenvalue weighted by Crippen LogP contribution is 2.15. The van der Waals surface area contributed by atoms with Crippen molar-refractivity contribution in [3.8, 4) is 5.75 Å². The van der Waals surface area contributed by atoms with Crippen molar-refractivity contribution in [3.05, 3.63) is 29.8 Å². The van der Waals surface area contributed by atoms with Gasteiger partial charge >= 0.3 is 6.47 Å². The molecule has 0 aromatic heterocycles. The molecule has 87 valence electrons. The number of hydrogen-bond donors (Lipinski definition) is 0. The molecule has 0 aliphatic heterocycles. The van der Waals surface area contributed by atoms with E-state index in [0.717, 1.165) is 6.42 Å². The minimum Gasteiger partial charge on any atom is -0.455 e. The van der Waals surface area contributed by atoms with E-state index in [2.05, 4.69) is 11.7 Å². The lowest BCUT2D eigenvalue weighted by Gasteiger charge is -2.12. The van der Waals surface area contributed by atoms with Crippen LogP contribution in [0.25, 0.3) is 0 Å². The van der Waals surface area contributed by atoms with Gasteiger partial charge in [-0.15, -0.1) is 0 Å². The van der Waals surface area contributed by atoms with Crippen LogP contribution in [0.1, 0.15) is 32.3 Å². The molecule has 0 N–H and O–H groups in total. The molecule has 0 saturated carbocycles. The fourth-order valence-electron chi connectivity index (χ4n) is 1.40. The molecule has 1 aromatic carbocycles. The molecule has 0 saturated heterocycles. The lowest BCUT2D eigenvalue weighted by atomic mass is 10.1. The minimum atomic E-state index is -0.598. The maximum atomic E-state index is 9.95. The van der Waals surface area contributed by atoms with Gasteiger partial charge in [-0.3, -0.25) is 0 Å². The molecule has 0 heterocycles. The zero-order chi connectivity index (χ0) is 11.8. The predicted molar refractivity (Wildman–Crippen MR) is 61.9 cm³/mol. The van der Waals surface area contributed by atoms with Crippen LogP contribution in [0.5, 0.6) is 5.75 Å². The van der Waals surface area contributed by atoms with Gasteiger partial charge < -0.3 is 9.47 Å². The van der Waals surface area contributed by atoms with Gasteiger partial charge in [0.15, 0.2) is 0 Å². The van der Waals surface area contributed by atoms with Gasteiger partial charge in [0, 0.05) is 6.92 Å². The highest BCUT2D eigenvalue weighted by molar-refractivity contribution is 5.38. The molecule has 1 unspecified atom stereocenters. The molecule has 1 radical (unpaired) electrons. The number of unbranched alkanes of at least 4 members (excludes halogenated alkanes) is 1. The number of carbonyl (C=O) groups excluding carboxylic acids is 1. The van der Waals surface area contributed by atoms with Gasteiger partial charge in [-0.1, -0.05) is 25.5 Å². The van der Waals surface area contributed by atoms with Crippen molar-refractivity contribution >= 4 is 6.47 Å². The zero-order valence-electron chi connectivity index (χ0n) is 9.73. The smallest absolute Gasteiger partial charge is 0.420 e. The van der Waals surface area contributed by atoms with Crippen LogP contribution in [-0.2, 0) is 16.0 Å². The topological polar surface area (TPSA) is 35.5 Å². The molecular weight excluding hydrogens is 204 g/mol. The van der Waals surface area contributed by atoms with E-state index >= 15 is 0 Å². The second-order valence-electron chi connectivity index (χ2n) is 3.63. The van der Waals surface area contributed by atoms with Gasteiger partial charge in [0.05, 0.1) is 0 Å². The van der Waals surface area contributed by atoms with E-state index in [1.807, 2.05) is 24.3 Å². The monoisotopic (exact) mass is 221 g/mol. The van der Waals surface area contributed by atoms with E-state index in [1.165, 1.54) is 24.9 Å². The van der Waals surface area contributed by atoms with E-state index in [-0.39, 0.29) is 0 Å². The van der Waals surface area contributed by atoms with Crippen molar-refractivity contribution < 1.29 is 14.3 Å². The van der Waals surface area contributed by atoms with E-state index in [9.17, 15) is 4.79 Å². The molecule has 0 aliphatic carbocycles. The van der Waals surface area contributed by atoms with Gasteiger partial charge in [-0.05, 0) is 30.5 Å². The SMILES string of the molecule is CCCCc1ccc(OC(C)O[C]=O)cc1. The second kappa shape index (κ2) is 6.88. The summed E-state index contributed by atoms with van der Waals surface area (Å²) in [6, 6.07) is 7.83. The Morgan fingerprint density at radius 1 is 1.31 bits per heavy atom. The Kier molecular flexibility index (Phi) is 5.40. The number of ether oxygens (including phenoxy) is 2. The first-order chi connectivity index (χ1) is 7.76. The summed E-state index contributed by atoms with van der Waals surface area (Å²) in [4.78, 5) is 9.95. The Labute approximate surface area is 96.4 Å². The first-order valence-corrected chi connectivity index (χ1v) is 5.54. The summed E-state index contributed by atoms with van der Waals surface area (Å²) < 4.78 is 9.84. The molecule has 1 aromatic rings. The van der Waals surface area contributed by atoms with Crippen LogP contribution in [0, 0.1) is 0 Å². The van der Waals surface area contributed by atoms with E-state index in [4.69, 9.17) is 4.74 Å². The molecule has 16 heavy (non-hydrogen) atoms. The summed E-state index contributed by atoms with van der Waals surface area (Å²) in [5.41, 5.74) is 1.30. The summed E-state index contributed by atoms with van der Waals surface area (Å²) in [5.74, 6) is 0.697. The van der Waals surface area contributed by atoms with Gasteiger partial charge in [0.1, 0.15) is 5.75 Å². The van der Waals surface area contributed by atoms with Gasteiger partial charge in [0.2, 0.25) is 6.29 Å². The third kappa shape index (κ3) is 4.34. The first-order valence-electron chi connectivity index (χ1n) is 5.54.